The monoisotopic (exact) mass is 279 g/mol. The number of hydrogen-bond acceptors (Lipinski definition) is 2. The minimum Gasteiger partial charge on any atom is -0.324 e. The van der Waals surface area contributed by atoms with Crippen LogP contribution in [0.1, 0.15) is 24.2 Å². The lowest BCUT2D eigenvalue weighted by molar-refractivity contribution is 0.776. The zero-order chi connectivity index (χ0) is 11.7. The highest BCUT2D eigenvalue weighted by Crippen LogP contribution is 2.24. The van der Waals surface area contributed by atoms with Crippen LogP contribution in [0.5, 0.6) is 0 Å². The summed E-state index contributed by atoms with van der Waals surface area (Å²) < 4.78 is 2.89. The summed E-state index contributed by atoms with van der Waals surface area (Å²) in [6.07, 6.45) is 1.95. The number of nitrogens with zero attached hydrogens (tertiary/aromatic N) is 2. The third-order valence-electron chi connectivity index (χ3n) is 2.45. The molecule has 0 aliphatic heterocycles. The van der Waals surface area contributed by atoms with Crippen LogP contribution in [0.4, 0.5) is 0 Å². The Bertz CT molecular complexity index is 503. The molecule has 0 amide bonds. The van der Waals surface area contributed by atoms with E-state index in [1.54, 1.807) is 0 Å². The first-order valence-electron chi connectivity index (χ1n) is 5.15. The van der Waals surface area contributed by atoms with E-state index in [4.69, 9.17) is 5.73 Å². The predicted molar refractivity (Wildman–Crippen MR) is 68.6 cm³/mol. The lowest BCUT2D eigenvalue weighted by Crippen LogP contribution is -2.10. The van der Waals surface area contributed by atoms with Crippen molar-refractivity contribution in [3.63, 3.8) is 0 Å². The maximum absolute atomic E-state index is 5.95. The quantitative estimate of drug-likeness (QED) is 0.919. The van der Waals surface area contributed by atoms with Crippen molar-refractivity contribution in [1.29, 1.82) is 0 Å². The molecule has 0 aliphatic carbocycles. The topological polar surface area (TPSA) is 43.8 Å². The standard InChI is InChI=1S/C12H14BrN3/c1-8-5-6-16(15-8)12-7-10(13)3-4-11(12)9(2)14/h3-7,9H,14H2,1-2H3. The van der Waals surface area contributed by atoms with Gasteiger partial charge in [0.15, 0.2) is 0 Å². The molecule has 0 radical (unpaired) electrons. The zero-order valence-corrected chi connectivity index (χ0v) is 10.9. The van der Waals surface area contributed by atoms with Crippen molar-refractivity contribution in [3.8, 4) is 5.69 Å². The molecule has 2 N–H and O–H groups in total. The van der Waals surface area contributed by atoms with Gasteiger partial charge in [-0.25, -0.2) is 4.68 Å². The molecule has 0 fully saturated rings. The summed E-state index contributed by atoms with van der Waals surface area (Å²) >= 11 is 3.47. The maximum atomic E-state index is 5.95. The Morgan fingerprint density at radius 1 is 1.38 bits per heavy atom. The molecule has 1 unspecified atom stereocenters. The lowest BCUT2D eigenvalue weighted by atomic mass is 10.1. The fourth-order valence-electron chi connectivity index (χ4n) is 1.65. The molecule has 0 spiro atoms. The van der Waals surface area contributed by atoms with Gasteiger partial charge in [0.05, 0.1) is 11.4 Å². The van der Waals surface area contributed by atoms with Gasteiger partial charge in [-0.15, -0.1) is 0 Å². The fraction of sp³-hybridized carbons (Fsp3) is 0.250. The summed E-state index contributed by atoms with van der Waals surface area (Å²) in [6, 6.07) is 8.03. The normalized spacial score (nSPS) is 12.8. The van der Waals surface area contributed by atoms with Crippen LogP contribution in [0.25, 0.3) is 5.69 Å². The highest BCUT2D eigenvalue weighted by atomic mass is 79.9. The van der Waals surface area contributed by atoms with Crippen LogP contribution in [0.15, 0.2) is 34.9 Å². The van der Waals surface area contributed by atoms with E-state index >= 15 is 0 Å². The van der Waals surface area contributed by atoms with E-state index in [-0.39, 0.29) is 6.04 Å². The smallest absolute Gasteiger partial charge is 0.0704 e. The molecule has 1 atom stereocenters. The van der Waals surface area contributed by atoms with E-state index in [9.17, 15) is 0 Å². The van der Waals surface area contributed by atoms with Crippen molar-refractivity contribution in [2.75, 3.05) is 0 Å². The zero-order valence-electron chi connectivity index (χ0n) is 9.31. The van der Waals surface area contributed by atoms with Gasteiger partial charge in [-0.3, -0.25) is 0 Å². The van der Waals surface area contributed by atoms with E-state index in [2.05, 4.69) is 21.0 Å². The van der Waals surface area contributed by atoms with Gasteiger partial charge in [0.1, 0.15) is 0 Å². The summed E-state index contributed by atoms with van der Waals surface area (Å²) in [4.78, 5) is 0. The molecule has 1 aromatic carbocycles. The van der Waals surface area contributed by atoms with E-state index in [1.165, 1.54) is 0 Å². The van der Waals surface area contributed by atoms with Crippen LogP contribution in [-0.2, 0) is 0 Å². The Kier molecular flexibility index (Phi) is 3.12. The molecule has 0 bridgehead atoms. The molecule has 2 rings (SSSR count). The Morgan fingerprint density at radius 3 is 2.69 bits per heavy atom. The van der Waals surface area contributed by atoms with Crippen molar-refractivity contribution < 1.29 is 0 Å². The molecular weight excluding hydrogens is 266 g/mol. The summed E-state index contributed by atoms with van der Waals surface area (Å²) in [5, 5.41) is 4.41. The van der Waals surface area contributed by atoms with E-state index in [1.807, 2.05) is 49.0 Å². The van der Waals surface area contributed by atoms with Gasteiger partial charge in [-0.1, -0.05) is 22.0 Å². The molecule has 1 heterocycles. The second kappa shape index (κ2) is 4.39. The minimum absolute atomic E-state index is 0.00685. The third-order valence-corrected chi connectivity index (χ3v) is 2.95. The van der Waals surface area contributed by atoms with E-state index in [0.717, 1.165) is 21.4 Å². The average molecular weight is 280 g/mol. The van der Waals surface area contributed by atoms with Gasteiger partial charge >= 0.3 is 0 Å². The fourth-order valence-corrected chi connectivity index (χ4v) is 2.00. The van der Waals surface area contributed by atoms with Crippen molar-refractivity contribution >= 4 is 15.9 Å². The summed E-state index contributed by atoms with van der Waals surface area (Å²) in [5.74, 6) is 0. The molecule has 84 valence electrons. The molecular formula is C12H14BrN3. The number of benzene rings is 1. The molecule has 4 heteroatoms. The van der Waals surface area contributed by atoms with Crippen molar-refractivity contribution in [1.82, 2.24) is 9.78 Å². The second-order valence-electron chi connectivity index (χ2n) is 3.89. The van der Waals surface area contributed by atoms with Gasteiger partial charge < -0.3 is 5.73 Å². The van der Waals surface area contributed by atoms with E-state index in [0.29, 0.717) is 0 Å². The summed E-state index contributed by atoms with van der Waals surface area (Å²) in [5.41, 5.74) is 9.06. The summed E-state index contributed by atoms with van der Waals surface area (Å²) in [6.45, 7) is 3.95. The first-order valence-corrected chi connectivity index (χ1v) is 5.95. The molecule has 2 aromatic rings. The molecule has 16 heavy (non-hydrogen) atoms. The number of aryl methyl sites for hydroxylation is 1. The first kappa shape index (κ1) is 11.4. The summed E-state index contributed by atoms with van der Waals surface area (Å²) in [7, 11) is 0. The first-order chi connectivity index (χ1) is 7.58. The minimum atomic E-state index is -0.00685. The second-order valence-corrected chi connectivity index (χ2v) is 4.81. The van der Waals surface area contributed by atoms with E-state index < -0.39 is 0 Å². The largest absolute Gasteiger partial charge is 0.324 e. The SMILES string of the molecule is Cc1ccn(-c2cc(Br)ccc2C(C)N)n1. The highest BCUT2D eigenvalue weighted by Gasteiger charge is 2.09. The van der Waals surface area contributed by atoms with Gasteiger partial charge in [-0.2, -0.15) is 5.10 Å². The van der Waals surface area contributed by atoms with Crippen molar-refractivity contribution in [3.05, 3.63) is 46.2 Å². The Balaban J connectivity index is 2.57. The van der Waals surface area contributed by atoms with Gasteiger partial charge in [0.25, 0.3) is 0 Å². The molecule has 1 aromatic heterocycles. The number of hydrogen-bond donors (Lipinski definition) is 1. The highest BCUT2D eigenvalue weighted by molar-refractivity contribution is 9.10. The van der Waals surface area contributed by atoms with Crippen LogP contribution < -0.4 is 5.73 Å². The number of halogens is 1. The Hall–Kier alpha value is -1.13. The predicted octanol–water partition coefficient (Wildman–Crippen LogP) is 2.96. The van der Waals surface area contributed by atoms with Gasteiger partial charge in [0.2, 0.25) is 0 Å². The Morgan fingerprint density at radius 2 is 2.12 bits per heavy atom. The Labute approximate surface area is 103 Å². The van der Waals surface area contributed by atoms with Crippen LogP contribution in [-0.4, -0.2) is 9.78 Å². The molecule has 0 aliphatic rings. The maximum Gasteiger partial charge on any atom is 0.0704 e. The third kappa shape index (κ3) is 2.18. The number of aromatic nitrogens is 2. The van der Waals surface area contributed by atoms with Gasteiger partial charge in [0, 0.05) is 16.7 Å². The average Bonchev–Trinajstić information content (AvgIpc) is 2.64. The van der Waals surface area contributed by atoms with Crippen LogP contribution in [0.3, 0.4) is 0 Å². The van der Waals surface area contributed by atoms with Crippen LogP contribution >= 0.6 is 15.9 Å². The molecule has 0 saturated carbocycles. The lowest BCUT2D eigenvalue weighted by Gasteiger charge is -2.13. The van der Waals surface area contributed by atoms with Crippen LogP contribution in [0.2, 0.25) is 0 Å². The number of nitrogens with two attached hydrogens (primary N) is 1. The van der Waals surface area contributed by atoms with Crippen molar-refractivity contribution in [2.24, 2.45) is 5.73 Å². The van der Waals surface area contributed by atoms with Crippen LogP contribution in [0, 0.1) is 6.92 Å². The molecule has 3 nitrogen and oxygen atoms in total. The van der Waals surface area contributed by atoms with Crippen molar-refractivity contribution in [2.45, 2.75) is 19.9 Å². The molecule has 0 saturated heterocycles. The van der Waals surface area contributed by atoms with Gasteiger partial charge in [-0.05, 0) is 37.6 Å². The number of rotatable bonds is 2.